The highest BCUT2D eigenvalue weighted by atomic mass is 16.2. The first-order valence-corrected chi connectivity index (χ1v) is 6.64. The Balaban J connectivity index is 1.95. The van der Waals surface area contributed by atoms with Crippen molar-refractivity contribution in [3.05, 3.63) is 77.9 Å². The summed E-state index contributed by atoms with van der Waals surface area (Å²) >= 11 is 0. The van der Waals surface area contributed by atoms with Gasteiger partial charge in [-0.25, -0.2) is 4.90 Å². The largest absolute Gasteiger partial charge is 0.269 e. The van der Waals surface area contributed by atoms with Crippen LogP contribution in [0.3, 0.4) is 0 Å². The number of imide groups is 1. The van der Waals surface area contributed by atoms with E-state index in [1.54, 1.807) is 6.07 Å². The number of nitrogens with zero attached hydrogens (tertiary/aromatic N) is 1. The number of para-hydroxylation sites is 1. The zero-order chi connectivity index (χ0) is 14.7. The fourth-order valence-electron chi connectivity index (χ4n) is 2.22. The van der Waals surface area contributed by atoms with E-state index in [9.17, 15) is 9.59 Å². The first-order valence-electron chi connectivity index (χ1n) is 6.64. The molecule has 1 aliphatic heterocycles. The van der Waals surface area contributed by atoms with Crippen molar-refractivity contribution in [2.24, 2.45) is 0 Å². The van der Waals surface area contributed by atoms with Crippen LogP contribution < -0.4 is 4.90 Å². The summed E-state index contributed by atoms with van der Waals surface area (Å²) in [5.74, 6) is -0.610. The monoisotopic (exact) mass is 275 g/mol. The summed E-state index contributed by atoms with van der Waals surface area (Å²) in [6.07, 6.45) is 6.45. The van der Waals surface area contributed by atoms with Gasteiger partial charge in [0.05, 0.1) is 5.69 Å². The van der Waals surface area contributed by atoms with Crippen molar-refractivity contribution in [3.63, 3.8) is 0 Å². The highest BCUT2D eigenvalue weighted by molar-refractivity contribution is 6.28. The molecule has 2 amide bonds. The van der Waals surface area contributed by atoms with Crippen LogP contribution in [0.4, 0.5) is 5.69 Å². The number of carbonyl (C=O) groups excluding carboxylic acids is 2. The number of amides is 2. The molecule has 0 unspecified atom stereocenters. The van der Waals surface area contributed by atoms with Crippen molar-refractivity contribution in [2.45, 2.75) is 0 Å². The Morgan fingerprint density at radius 3 is 2.05 bits per heavy atom. The fourth-order valence-corrected chi connectivity index (χ4v) is 2.22. The first-order chi connectivity index (χ1) is 10.3. The normalized spacial score (nSPS) is 14.4. The van der Waals surface area contributed by atoms with Crippen molar-refractivity contribution in [1.29, 1.82) is 0 Å². The number of hydrogen-bond donors (Lipinski definition) is 0. The average molecular weight is 275 g/mol. The van der Waals surface area contributed by atoms with Gasteiger partial charge in [-0.05, 0) is 17.2 Å². The van der Waals surface area contributed by atoms with Crippen molar-refractivity contribution >= 4 is 29.7 Å². The van der Waals surface area contributed by atoms with Crippen molar-refractivity contribution in [3.8, 4) is 0 Å². The van der Waals surface area contributed by atoms with Crippen LogP contribution in [0.5, 0.6) is 0 Å². The third-order valence-corrected chi connectivity index (χ3v) is 3.24. The Kier molecular flexibility index (Phi) is 3.48. The summed E-state index contributed by atoms with van der Waals surface area (Å²) in [5.41, 5.74) is 2.49. The highest BCUT2D eigenvalue weighted by Crippen LogP contribution is 2.25. The van der Waals surface area contributed by atoms with E-state index >= 15 is 0 Å². The lowest BCUT2D eigenvalue weighted by Crippen LogP contribution is -2.30. The number of benzene rings is 2. The van der Waals surface area contributed by atoms with E-state index in [0.717, 1.165) is 11.1 Å². The maximum atomic E-state index is 11.8. The van der Waals surface area contributed by atoms with Crippen LogP contribution in [0.2, 0.25) is 0 Å². The zero-order valence-corrected chi connectivity index (χ0v) is 11.3. The van der Waals surface area contributed by atoms with Gasteiger partial charge in [0.1, 0.15) is 0 Å². The third kappa shape index (κ3) is 2.67. The molecule has 0 atom stereocenters. The Morgan fingerprint density at radius 2 is 1.33 bits per heavy atom. The molecule has 0 spiro atoms. The topological polar surface area (TPSA) is 37.4 Å². The van der Waals surface area contributed by atoms with Gasteiger partial charge >= 0.3 is 0 Å². The third-order valence-electron chi connectivity index (χ3n) is 3.24. The number of hydrogen-bond acceptors (Lipinski definition) is 2. The molecule has 2 aromatic carbocycles. The quantitative estimate of drug-likeness (QED) is 0.636. The average Bonchev–Trinajstić information content (AvgIpc) is 2.85. The molecule has 2 aromatic rings. The molecule has 0 radical (unpaired) electrons. The molecule has 0 saturated heterocycles. The molecule has 21 heavy (non-hydrogen) atoms. The summed E-state index contributed by atoms with van der Waals surface area (Å²) in [4.78, 5) is 24.8. The van der Waals surface area contributed by atoms with Crippen molar-refractivity contribution in [1.82, 2.24) is 0 Å². The lowest BCUT2D eigenvalue weighted by Gasteiger charge is -2.16. The lowest BCUT2D eigenvalue weighted by molar-refractivity contribution is -0.119. The SMILES string of the molecule is O=C1C=CC(=O)N1c1ccccc1C=Cc1ccccc1. The van der Waals surface area contributed by atoms with E-state index in [4.69, 9.17) is 0 Å². The van der Waals surface area contributed by atoms with E-state index < -0.39 is 0 Å². The van der Waals surface area contributed by atoms with Gasteiger partial charge in [0.25, 0.3) is 11.8 Å². The van der Waals surface area contributed by atoms with E-state index in [2.05, 4.69) is 0 Å². The molecule has 3 rings (SSSR count). The summed E-state index contributed by atoms with van der Waals surface area (Å²) in [6, 6.07) is 17.2. The van der Waals surface area contributed by atoms with Crippen LogP contribution in [0.1, 0.15) is 11.1 Å². The molecule has 0 saturated carbocycles. The van der Waals surface area contributed by atoms with Crippen molar-refractivity contribution in [2.75, 3.05) is 4.90 Å². The number of rotatable bonds is 3. The van der Waals surface area contributed by atoms with Crippen LogP contribution >= 0.6 is 0 Å². The number of anilines is 1. The van der Waals surface area contributed by atoms with Gasteiger partial charge in [-0.3, -0.25) is 9.59 Å². The summed E-state index contributed by atoms with van der Waals surface area (Å²) in [7, 11) is 0. The predicted molar refractivity (Wildman–Crippen MR) is 83.4 cm³/mol. The molecule has 0 fully saturated rings. The van der Waals surface area contributed by atoms with Crippen LogP contribution in [-0.2, 0) is 9.59 Å². The summed E-state index contributed by atoms with van der Waals surface area (Å²) in [6.45, 7) is 0. The van der Waals surface area contributed by atoms with E-state index in [1.807, 2.05) is 60.7 Å². The Morgan fingerprint density at radius 1 is 0.714 bits per heavy atom. The molecule has 0 N–H and O–H groups in total. The van der Waals surface area contributed by atoms with Gasteiger partial charge in [0, 0.05) is 12.2 Å². The maximum Gasteiger partial charge on any atom is 0.258 e. The minimum Gasteiger partial charge on any atom is -0.269 e. The minimum atomic E-state index is -0.305. The molecule has 0 aromatic heterocycles. The van der Waals surface area contributed by atoms with E-state index in [1.165, 1.54) is 17.1 Å². The van der Waals surface area contributed by atoms with Crippen molar-refractivity contribution < 1.29 is 9.59 Å². The van der Waals surface area contributed by atoms with Gasteiger partial charge in [0.2, 0.25) is 0 Å². The maximum absolute atomic E-state index is 11.8. The second-order valence-corrected chi connectivity index (χ2v) is 4.65. The summed E-state index contributed by atoms with van der Waals surface area (Å²) in [5, 5.41) is 0. The Hall–Kier alpha value is -2.94. The van der Waals surface area contributed by atoms with Gasteiger partial charge in [-0.1, -0.05) is 60.7 Å². The minimum absolute atomic E-state index is 0.305. The molecule has 1 heterocycles. The van der Waals surface area contributed by atoms with Gasteiger partial charge in [-0.15, -0.1) is 0 Å². The molecular weight excluding hydrogens is 262 g/mol. The Bertz CT molecular complexity index is 727. The highest BCUT2D eigenvalue weighted by Gasteiger charge is 2.26. The number of carbonyl (C=O) groups is 2. The van der Waals surface area contributed by atoms with Crippen LogP contribution in [0, 0.1) is 0 Å². The van der Waals surface area contributed by atoms with Crippen LogP contribution in [0.15, 0.2) is 66.7 Å². The smallest absolute Gasteiger partial charge is 0.258 e. The molecule has 3 heteroatoms. The standard InChI is InChI=1S/C18H13NO2/c20-17-12-13-18(21)19(17)16-9-5-4-8-15(16)11-10-14-6-2-1-3-7-14/h1-13H. The van der Waals surface area contributed by atoms with Crippen LogP contribution in [0.25, 0.3) is 12.2 Å². The summed E-state index contributed by atoms with van der Waals surface area (Å²) < 4.78 is 0. The van der Waals surface area contributed by atoms with Gasteiger partial charge in [-0.2, -0.15) is 0 Å². The van der Waals surface area contributed by atoms with E-state index in [-0.39, 0.29) is 11.8 Å². The fraction of sp³-hybridized carbons (Fsp3) is 0. The molecule has 102 valence electrons. The first kappa shape index (κ1) is 13.1. The molecule has 0 aliphatic carbocycles. The van der Waals surface area contributed by atoms with Gasteiger partial charge < -0.3 is 0 Å². The molecule has 3 nitrogen and oxygen atoms in total. The Labute approximate surface area is 122 Å². The molecular formula is C18H13NO2. The molecule has 1 aliphatic rings. The predicted octanol–water partition coefficient (Wildman–Crippen LogP) is 3.29. The van der Waals surface area contributed by atoms with Crippen LogP contribution in [-0.4, -0.2) is 11.8 Å². The zero-order valence-electron chi connectivity index (χ0n) is 11.3. The van der Waals surface area contributed by atoms with Gasteiger partial charge in [0.15, 0.2) is 0 Å². The lowest BCUT2D eigenvalue weighted by atomic mass is 10.1. The second-order valence-electron chi connectivity index (χ2n) is 4.65. The van der Waals surface area contributed by atoms with E-state index in [0.29, 0.717) is 5.69 Å². The molecule has 0 bridgehead atoms. The second kappa shape index (κ2) is 5.59.